The predicted octanol–water partition coefficient (Wildman–Crippen LogP) is 2.83. The number of carboxylic acids is 1. The molecular formula is C17H21N3O3S2. The van der Waals surface area contributed by atoms with Crippen LogP contribution in [0.2, 0.25) is 0 Å². The van der Waals surface area contributed by atoms with Gasteiger partial charge in [-0.25, -0.2) is 14.8 Å². The maximum absolute atomic E-state index is 10.9. The number of piperidine rings is 1. The zero-order valence-electron chi connectivity index (χ0n) is 13.9. The molecule has 0 aliphatic carbocycles. The van der Waals surface area contributed by atoms with Gasteiger partial charge in [-0.1, -0.05) is 0 Å². The lowest BCUT2D eigenvalue weighted by molar-refractivity contribution is 0.0702. The minimum absolute atomic E-state index is 0.337. The fraction of sp³-hybridized carbons (Fsp3) is 0.588. The Morgan fingerprint density at radius 2 is 2.16 bits per heavy atom. The van der Waals surface area contributed by atoms with Gasteiger partial charge in [0, 0.05) is 12.8 Å². The number of carboxylic acid groups (broad SMARTS) is 1. The van der Waals surface area contributed by atoms with Crippen molar-refractivity contribution < 1.29 is 14.6 Å². The normalized spacial score (nSPS) is 19.0. The van der Waals surface area contributed by atoms with E-state index in [1.165, 1.54) is 33.1 Å². The molecule has 0 spiro atoms. The van der Waals surface area contributed by atoms with Crippen LogP contribution in [-0.4, -0.2) is 45.6 Å². The van der Waals surface area contributed by atoms with Gasteiger partial charge in [0.2, 0.25) is 0 Å². The molecule has 0 unspecified atom stereocenters. The van der Waals surface area contributed by atoms with Crippen LogP contribution in [0.1, 0.15) is 43.1 Å². The molecule has 0 aromatic carbocycles. The molecule has 0 atom stereocenters. The molecule has 4 rings (SSSR count). The number of carbonyl (C=O) groups is 1. The van der Waals surface area contributed by atoms with Gasteiger partial charge in [0.05, 0.1) is 41.5 Å². The maximum Gasteiger partial charge on any atom is 0.347 e. The van der Waals surface area contributed by atoms with E-state index in [-0.39, 0.29) is 0 Å². The third-order valence-electron chi connectivity index (χ3n) is 4.83. The Hall–Kier alpha value is -1.35. The van der Waals surface area contributed by atoms with E-state index in [0.717, 1.165) is 63.5 Å². The number of hydrogen-bond donors (Lipinski definition) is 1. The zero-order valence-corrected chi connectivity index (χ0v) is 15.6. The Labute approximate surface area is 154 Å². The largest absolute Gasteiger partial charge is 0.477 e. The van der Waals surface area contributed by atoms with Gasteiger partial charge in [0.25, 0.3) is 0 Å². The summed E-state index contributed by atoms with van der Waals surface area (Å²) in [4.78, 5) is 24.1. The Morgan fingerprint density at radius 1 is 1.32 bits per heavy atom. The van der Waals surface area contributed by atoms with Crippen molar-refractivity contribution >= 4 is 28.6 Å². The molecule has 6 nitrogen and oxygen atoms in total. The van der Waals surface area contributed by atoms with E-state index in [0.29, 0.717) is 10.8 Å². The van der Waals surface area contributed by atoms with Gasteiger partial charge in [0.15, 0.2) is 0 Å². The van der Waals surface area contributed by atoms with Crippen molar-refractivity contribution in [2.45, 2.75) is 38.8 Å². The molecule has 8 heteroatoms. The maximum atomic E-state index is 10.9. The molecule has 2 aliphatic rings. The van der Waals surface area contributed by atoms with Crippen molar-refractivity contribution in [1.29, 1.82) is 0 Å². The number of thiazole rings is 2. The van der Waals surface area contributed by atoms with E-state index >= 15 is 0 Å². The Kier molecular flexibility index (Phi) is 5.12. The summed E-state index contributed by atoms with van der Waals surface area (Å²) in [7, 11) is 0. The Morgan fingerprint density at radius 3 is 2.88 bits per heavy atom. The number of ether oxygens (including phenoxy) is 1. The molecule has 0 saturated carbocycles. The second-order valence-corrected chi connectivity index (χ2v) is 8.91. The smallest absolute Gasteiger partial charge is 0.347 e. The van der Waals surface area contributed by atoms with Gasteiger partial charge >= 0.3 is 5.97 Å². The first-order valence-corrected chi connectivity index (χ1v) is 10.3. The predicted molar refractivity (Wildman–Crippen MR) is 96.3 cm³/mol. The van der Waals surface area contributed by atoms with Crippen LogP contribution in [0.15, 0.2) is 6.20 Å². The number of aromatic nitrogens is 2. The van der Waals surface area contributed by atoms with Crippen molar-refractivity contribution in [1.82, 2.24) is 14.9 Å². The van der Waals surface area contributed by atoms with Crippen LogP contribution in [0.5, 0.6) is 0 Å². The average molecular weight is 380 g/mol. The first-order valence-electron chi connectivity index (χ1n) is 8.63. The SMILES string of the molecule is O=C(O)c1cnc(CC2CCN(Cc3nc4c(s3)COCC4)CC2)s1. The average Bonchev–Trinajstić information content (AvgIpc) is 3.23. The van der Waals surface area contributed by atoms with Gasteiger partial charge in [-0.2, -0.15) is 0 Å². The minimum atomic E-state index is -0.880. The first kappa shape index (κ1) is 17.1. The third-order valence-corrected chi connectivity index (χ3v) is 6.90. The summed E-state index contributed by atoms with van der Waals surface area (Å²) in [6.07, 6.45) is 5.59. The fourth-order valence-electron chi connectivity index (χ4n) is 3.44. The molecule has 2 aromatic rings. The van der Waals surface area contributed by atoms with Crippen molar-refractivity contribution in [2.75, 3.05) is 19.7 Å². The van der Waals surface area contributed by atoms with Crippen LogP contribution in [0.3, 0.4) is 0 Å². The summed E-state index contributed by atoms with van der Waals surface area (Å²) in [5.41, 5.74) is 1.24. The Balaban J connectivity index is 1.27. The molecule has 2 aliphatic heterocycles. The summed E-state index contributed by atoms with van der Waals surface area (Å²) in [5, 5.41) is 11.1. The molecule has 1 N–H and O–H groups in total. The molecule has 4 heterocycles. The van der Waals surface area contributed by atoms with Gasteiger partial charge in [-0.3, -0.25) is 4.90 Å². The van der Waals surface area contributed by atoms with E-state index in [1.54, 1.807) is 11.3 Å². The summed E-state index contributed by atoms with van der Waals surface area (Å²) >= 11 is 3.11. The van der Waals surface area contributed by atoms with E-state index in [1.807, 2.05) is 0 Å². The lowest BCUT2D eigenvalue weighted by atomic mass is 9.94. The van der Waals surface area contributed by atoms with Gasteiger partial charge in [0.1, 0.15) is 9.88 Å². The molecule has 0 amide bonds. The molecule has 134 valence electrons. The Bertz CT molecular complexity index is 727. The lowest BCUT2D eigenvalue weighted by Gasteiger charge is -2.30. The van der Waals surface area contributed by atoms with Crippen LogP contribution in [-0.2, 0) is 30.7 Å². The molecule has 1 saturated heterocycles. The highest BCUT2D eigenvalue weighted by atomic mass is 32.1. The monoisotopic (exact) mass is 379 g/mol. The summed E-state index contributed by atoms with van der Waals surface area (Å²) in [5.74, 6) is -0.281. The molecular weight excluding hydrogens is 358 g/mol. The van der Waals surface area contributed by atoms with E-state index in [2.05, 4.69) is 9.88 Å². The highest BCUT2D eigenvalue weighted by Crippen LogP contribution is 2.28. The number of rotatable bonds is 5. The van der Waals surface area contributed by atoms with Crippen molar-refractivity contribution in [3.05, 3.63) is 31.7 Å². The van der Waals surface area contributed by atoms with Crippen LogP contribution in [0, 0.1) is 5.92 Å². The molecule has 25 heavy (non-hydrogen) atoms. The van der Waals surface area contributed by atoms with Crippen LogP contribution in [0.4, 0.5) is 0 Å². The third kappa shape index (κ3) is 4.08. The summed E-state index contributed by atoms with van der Waals surface area (Å²) < 4.78 is 5.50. The van der Waals surface area contributed by atoms with Crippen LogP contribution in [0.25, 0.3) is 0 Å². The van der Waals surface area contributed by atoms with Crippen LogP contribution < -0.4 is 0 Å². The summed E-state index contributed by atoms with van der Waals surface area (Å²) in [6, 6.07) is 0. The number of fused-ring (bicyclic) bond motifs is 1. The second-order valence-electron chi connectivity index (χ2n) is 6.63. The van der Waals surface area contributed by atoms with E-state index in [9.17, 15) is 4.79 Å². The number of aromatic carboxylic acids is 1. The molecule has 2 aromatic heterocycles. The quantitative estimate of drug-likeness (QED) is 0.861. The van der Waals surface area contributed by atoms with Gasteiger partial charge in [-0.05, 0) is 31.8 Å². The minimum Gasteiger partial charge on any atom is -0.477 e. The van der Waals surface area contributed by atoms with Gasteiger partial charge in [-0.15, -0.1) is 22.7 Å². The van der Waals surface area contributed by atoms with Crippen molar-refractivity contribution in [3.8, 4) is 0 Å². The van der Waals surface area contributed by atoms with Crippen molar-refractivity contribution in [2.24, 2.45) is 5.92 Å². The number of likely N-dealkylation sites (tertiary alicyclic amines) is 1. The first-order chi connectivity index (χ1) is 12.2. The topological polar surface area (TPSA) is 75.5 Å². The van der Waals surface area contributed by atoms with Gasteiger partial charge < -0.3 is 9.84 Å². The highest BCUT2D eigenvalue weighted by molar-refractivity contribution is 7.13. The van der Waals surface area contributed by atoms with E-state index in [4.69, 9.17) is 14.8 Å². The number of hydrogen-bond acceptors (Lipinski definition) is 7. The number of nitrogens with zero attached hydrogens (tertiary/aromatic N) is 3. The molecule has 1 fully saturated rings. The molecule has 0 radical (unpaired) electrons. The highest BCUT2D eigenvalue weighted by Gasteiger charge is 2.23. The second kappa shape index (κ2) is 7.49. The molecule has 0 bridgehead atoms. The standard InChI is InChI=1S/C17H21N3O3S2/c21-17(22)13-8-18-15(24-13)7-11-1-4-20(5-2-11)9-16-19-12-3-6-23-10-14(12)25-16/h8,11H,1-7,9-10H2,(H,21,22). The summed E-state index contributed by atoms with van der Waals surface area (Å²) in [6.45, 7) is 4.60. The van der Waals surface area contributed by atoms with E-state index < -0.39 is 5.97 Å². The lowest BCUT2D eigenvalue weighted by Crippen LogP contribution is -2.33. The fourth-order valence-corrected chi connectivity index (χ4v) is 5.40. The van der Waals surface area contributed by atoms with Crippen molar-refractivity contribution in [3.63, 3.8) is 0 Å². The van der Waals surface area contributed by atoms with Crippen LogP contribution >= 0.6 is 22.7 Å². The zero-order chi connectivity index (χ0) is 17.2.